The fourth-order valence-corrected chi connectivity index (χ4v) is 3.17. The van der Waals surface area contributed by atoms with Gasteiger partial charge in [0.05, 0.1) is 0 Å². The van der Waals surface area contributed by atoms with Gasteiger partial charge >= 0.3 is 17.8 Å². The average molecular weight is 393 g/mol. The zero-order chi connectivity index (χ0) is 20.8. The summed E-state index contributed by atoms with van der Waals surface area (Å²) in [7, 11) is 1.23. The molecule has 29 heavy (non-hydrogen) atoms. The van der Waals surface area contributed by atoms with Gasteiger partial charge in [0.25, 0.3) is 0 Å². The topological polar surface area (TPSA) is 78.0 Å². The second kappa shape index (κ2) is 9.14. The van der Waals surface area contributed by atoms with Crippen LogP contribution in [0.25, 0.3) is 0 Å². The molecule has 1 fully saturated rings. The number of hydrogen-bond acceptors (Lipinski definition) is 4. The molecule has 2 aromatic carbocycles. The van der Waals surface area contributed by atoms with Crippen LogP contribution in [0.5, 0.6) is 0 Å². The first-order valence-electron chi connectivity index (χ1n) is 9.46. The van der Waals surface area contributed by atoms with Crippen molar-refractivity contribution in [3.8, 4) is 0 Å². The van der Waals surface area contributed by atoms with Gasteiger partial charge in [0, 0.05) is 20.1 Å². The van der Waals surface area contributed by atoms with Crippen molar-refractivity contribution in [3.05, 3.63) is 71.8 Å². The Morgan fingerprint density at radius 2 is 1.28 bits per heavy atom. The molecule has 0 bridgehead atoms. The van der Waals surface area contributed by atoms with E-state index < -0.39 is 24.4 Å². The van der Waals surface area contributed by atoms with E-state index in [2.05, 4.69) is 0 Å². The molecule has 7 nitrogen and oxygen atoms in total. The lowest BCUT2D eigenvalue weighted by Crippen LogP contribution is -2.44. The smallest absolute Gasteiger partial charge is 0.334 e. The van der Waals surface area contributed by atoms with E-state index in [0.717, 1.165) is 16.0 Å². The third-order valence-electron chi connectivity index (χ3n) is 4.92. The highest BCUT2D eigenvalue weighted by Gasteiger charge is 2.43. The molecule has 7 heteroatoms. The van der Waals surface area contributed by atoms with E-state index in [9.17, 15) is 19.2 Å². The van der Waals surface area contributed by atoms with Crippen LogP contribution in [0.1, 0.15) is 11.1 Å². The van der Waals surface area contributed by atoms with Crippen molar-refractivity contribution in [2.24, 2.45) is 0 Å². The van der Waals surface area contributed by atoms with Gasteiger partial charge in [-0.2, -0.15) is 0 Å². The molecular formula is C22H23N3O4. The summed E-state index contributed by atoms with van der Waals surface area (Å²) in [5, 5.41) is 0. The molecule has 0 unspecified atom stereocenters. The minimum absolute atomic E-state index is 0.360. The van der Waals surface area contributed by atoms with Crippen LogP contribution >= 0.6 is 0 Å². The third-order valence-corrected chi connectivity index (χ3v) is 4.92. The molecule has 0 aromatic heterocycles. The van der Waals surface area contributed by atoms with Gasteiger partial charge < -0.3 is 4.90 Å². The highest BCUT2D eigenvalue weighted by atomic mass is 16.2. The highest BCUT2D eigenvalue weighted by molar-refractivity contribution is 6.44. The number of urea groups is 1. The molecular weight excluding hydrogens is 370 g/mol. The van der Waals surface area contributed by atoms with Crippen molar-refractivity contribution in [2.45, 2.75) is 12.8 Å². The number of benzene rings is 2. The Labute approximate surface area is 169 Å². The molecule has 1 aliphatic heterocycles. The third kappa shape index (κ3) is 4.87. The quantitative estimate of drug-likeness (QED) is 0.505. The highest BCUT2D eigenvalue weighted by Crippen LogP contribution is 2.11. The van der Waals surface area contributed by atoms with Gasteiger partial charge in [-0.25, -0.2) is 9.69 Å². The summed E-state index contributed by atoms with van der Waals surface area (Å²) in [6.07, 6.45) is 1.31. The SMILES string of the molecule is CN1C(=O)C(=O)N(CC(=O)N(CCc2ccccc2)CCc2ccccc2)C1=O. The van der Waals surface area contributed by atoms with Gasteiger partial charge in [0.1, 0.15) is 6.54 Å². The molecule has 0 radical (unpaired) electrons. The minimum atomic E-state index is -0.961. The van der Waals surface area contributed by atoms with Gasteiger partial charge in [-0.05, 0) is 24.0 Å². The Morgan fingerprint density at radius 3 is 1.69 bits per heavy atom. The molecule has 0 atom stereocenters. The number of carbonyl (C=O) groups is 4. The largest absolute Gasteiger partial charge is 0.340 e. The van der Waals surface area contributed by atoms with Crippen LogP contribution in [0.4, 0.5) is 4.79 Å². The van der Waals surface area contributed by atoms with E-state index in [-0.39, 0.29) is 5.91 Å². The summed E-state index contributed by atoms with van der Waals surface area (Å²) in [6.45, 7) is 0.475. The average Bonchev–Trinajstić information content (AvgIpc) is 2.93. The summed E-state index contributed by atoms with van der Waals surface area (Å²) in [4.78, 5) is 51.7. The van der Waals surface area contributed by atoms with Crippen LogP contribution in [0.2, 0.25) is 0 Å². The zero-order valence-corrected chi connectivity index (χ0v) is 16.3. The standard InChI is InChI=1S/C22H23N3O4/c1-23-20(27)21(28)25(22(23)29)16-19(26)24(14-12-17-8-4-2-5-9-17)15-13-18-10-6-3-7-11-18/h2-11H,12-16H2,1H3. The van der Waals surface area contributed by atoms with Crippen molar-refractivity contribution in [2.75, 3.05) is 26.7 Å². The van der Waals surface area contributed by atoms with E-state index in [0.29, 0.717) is 30.8 Å². The minimum Gasteiger partial charge on any atom is -0.340 e. The second-order valence-corrected chi connectivity index (χ2v) is 6.89. The van der Waals surface area contributed by atoms with E-state index in [1.54, 1.807) is 4.90 Å². The van der Waals surface area contributed by atoms with Crippen LogP contribution in [0.15, 0.2) is 60.7 Å². The van der Waals surface area contributed by atoms with Crippen LogP contribution in [-0.4, -0.2) is 65.1 Å². The molecule has 0 N–H and O–H groups in total. The summed E-state index contributed by atoms with van der Waals surface area (Å²) in [5.74, 6) is -2.23. The Kier molecular flexibility index (Phi) is 6.39. The lowest BCUT2D eigenvalue weighted by atomic mass is 10.1. The molecule has 0 saturated carbocycles. The molecule has 150 valence electrons. The number of rotatable bonds is 8. The normalized spacial score (nSPS) is 13.9. The van der Waals surface area contributed by atoms with Crippen molar-refractivity contribution in [1.82, 2.24) is 14.7 Å². The lowest BCUT2D eigenvalue weighted by molar-refractivity contribution is -0.144. The molecule has 1 aliphatic rings. The number of nitrogens with zero attached hydrogens (tertiary/aromatic N) is 3. The number of amides is 5. The van der Waals surface area contributed by atoms with Gasteiger partial charge in [-0.15, -0.1) is 0 Å². The van der Waals surface area contributed by atoms with Gasteiger partial charge in [0.2, 0.25) is 5.91 Å². The Balaban J connectivity index is 1.68. The van der Waals surface area contributed by atoms with Crippen LogP contribution in [-0.2, 0) is 27.2 Å². The Hall–Kier alpha value is -3.48. The Morgan fingerprint density at radius 1 is 0.793 bits per heavy atom. The van der Waals surface area contributed by atoms with Crippen molar-refractivity contribution < 1.29 is 19.2 Å². The fourth-order valence-electron chi connectivity index (χ4n) is 3.17. The van der Waals surface area contributed by atoms with E-state index >= 15 is 0 Å². The van der Waals surface area contributed by atoms with Gasteiger partial charge in [0.15, 0.2) is 0 Å². The first kappa shape index (κ1) is 20.3. The zero-order valence-electron chi connectivity index (χ0n) is 16.3. The molecule has 2 aromatic rings. The van der Waals surface area contributed by atoms with Gasteiger partial charge in [-0.1, -0.05) is 60.7 Å². The number of hydrogen-bond donors (Lipinski definition) is 0. The second-order valence-electron chi connectivity index (χ2n) is 6.89. The van der Waals surface area contributed by atoms with Gasteiger partial charge in [-0.3, -0.25) is 19.3 Å². The Bertz CT molecular complexity index is 855. The van der Waals surface area contributed by atoms with E-state index in [1.807, 2.05) is 60.7 Å². The molecule has 0 spiro atoms. The first-order valence-corrected chi connectivity index (χ1v) is 9.46. The molecule has 0 aliphatic carbocycles. The van der Waals surface area contributed by atoms with Crippen molar-refractivity contribution >= 4 is 23.8 Å². The monoisotopic (exact) mass is 393 g/mol. The fraction of sp³-hybridized carbons (Fsp3) is 0.273. The summed E-state index contributed by atoms with van der Waals surface area (Å²) >= 11 is 0. The van der Waals surface area contributed by atoms with Crippen molar-refractivity contribution in [3.63, 3.8) is 0 Å². The molecule has 1 saturated heterocycles. The summed E-state index contributed by atoms with van der Waals surface area (Å²) in [5.41, 5.74) is 2.18. The molecule has 5 amide bonds. The maximum Gasteiger partial charge on any atom is 0.334 e. The van der Waals surface area contributed by atoms with E-state index in [1.165, 1.54) is 7.05 Å². The summed E-state index contributed by atoms with van der Waals surface area (Å²) < 4.78 is 0. The first-order chi connectivity index (χ1) is 14.0. The number of likely N-dealkylation sites (N-methyl/N-ethyl adjacent to an activating group) is 1. The lowest BCUT2D eigenvalue weighted by Gasteiger charge is -2.25. The number of carbonyl (C=O) groups excluding carboxylic acids is 4. The molecule has 3 rings (SSSR count). The van der Waals surface area contributed by atoms with Crippen molar-refractivity contribution in [1.29, 1.82) is 0 Å². The summed E-state index contributed by atoms with van der Waals surface area (Å²) in [6, 6.07) is 18.8. The van der Waals surface area contributed by atoms with Crippen LogP contribution < -0.4 is 0 Å². The number of imide groups is 2. The van der Waals surface area contributed by atoms with Crippen LogP contribution in [0, 0.1) is 0 Å². The van der Waals surface area contributed by atoms with Crippen LogP contribution in [0.3, 0.4) is 0 Å². The predicted octanol–water partition coefficient (Wildman–Crippen LogP) is 1.72. The van der Waals surface area contributed by atoms with E-state index in [4.69, 9.17) is 0 Å². The maximum atomic E-state index is 12.9. The maximum absolute atomic E-state index is 12.9. The molecule has 1 heterocycles. The predicted molar refractivity (Wildman–Crippen MR) is 107 cm³/mol.